The lowest BCUT2D eigenvalue weighted by Crippen LogP contribution is -2.70. The quantitative estimate of drug-likeness (QED) is 0.328. The molecule has 4 heterocycles. The van der Waals surface area contributed by atoms with Crippen LogP contribution in [-0.2, 0) is 26.0 Å². The number of carbonyl (C=O) groups is 1. The molecule has 5 unspecified atom stereocenters. The molecule has 2 aromatic rings. The van der Waals surface area contributed by atoms with Crippen LogP contribution < -0.4 is 0 Å². The van der Waals surface area contributed by atoms with Crippen molar-refractivity contribution in [3.8, 4) is 0 Å². The zero-order chi connectivity index (χ0) is 34.5. The second kappa shape index (κ2) is 8.78. The lowest BCUT2D eigenvalue weighted by molar-refractivity contribution is -0.334. The van der Waals surface area contributed by atoms with E-state index >= 15 is 0 Å². The molecule has 3 aliphatic heterocycles. The third kappa shape index (κ3) is 3.09. The molecule has 3 fully saturated rings. The van der Waals surface area contributed by atoms with Gasteiger partial charge in [-0.05, 0) is 119 Å². The SMILES string of the molecule is C=C(C)[C@H]1C(=O)c2c3c(cc4c5c(n1c24)[C@@]1(C)C(CC[C@]2(C)[C@]1(C)CCC1(OC)OC(C)C[C@]12C)C5)C1=CC(C)(C)OC(C)(C)C1C3O. The van der Waals surface area contributed by atoms with Gasteiger partial charge in [-0.1, -0.05) is 39.8 Å². The van der Waals surface area contributed by atoms with Crippen LogP contribution in [0.4, 0.5) is 0 Å². The topological polar surface area (TPSA) is 69.9 Å². The Balaban J connectivity index is 1.33. The van der Waals surface area contributed by atoms with Gasteiger partial charge in [-0.3, -0.25) is 4.79 Å². The molecular formula is C42H55NO5. The first-order chi connectivity index (χ1) is 22.2. The van der Waals surface area contributed by atoms with Crippen LogP contribution in [0.5, 0.6) is 0 Å². The van der Waals surface area contributed by atoms with Crippen LogP contribution in [0.1, 0.15) is 146 Å². The first-order valence-electron chi connectivity index (χ1n) is 18.5. The zero-order valence-corrected chi connectivity index (χ0v) is 31.0. The summed E-state index contributed by atoms with van der Waals surface area (Å²) in [6.45, 7) is 27.2. The number of benzene rings is 1. The molecular weight excluding hydrogens is 598 g/mol. The molecule has 1 saturated heterocycles. The number of Topliss-reactive ketones (excluding diaryl/α,β-unsaturated/α-hetero) is 1. The van der Waals surface area contributed by atoms with E-state index in [2.05, 4.69) is 85.6 Å². The molecule has 1 N–H and O–H groups in total. The number of rotatable bonds is 2. The highest BCUT2D eigenvalue weighted by Gasteiger charge is 2.78. The lowest BCUT2D eigenvalue weighted by Gasteiger charge is -2.71. The Kier molecular flexibility index (Phi) is 5.80. The minimum atomic E-state index is -0.814. The van der Waals surface area contributed by atoms with Crippen LogP contribution in [0, 0.1) is 28.1 Å². The number of carbonyl (C=O) groups excluding carboxylic acids is 1. The fraction of sp³-hybridized carbons (Fsp3) is 0.690. The molecule has 4 aliphatic carbocycles. The number of fused-ring (bicyclic) bond motifs is 13. The molecule has 6 heteroatoms. The largest absolute Gasteiger partial charge is 0.388 e. The Hall–Kier alpha value is -2.25. The smallest absolute Gasteiger partial charge is 0.192 e. The lowest BCUT2D eigenvalue weighted by atomic mass is 9.33. The van der Waals surface area contributed by atoms with E-state index in [0.717, 1.165) is 71.9 Å². The Bertz CT molecular complexity index is 1910. The molecule has 48 heavy (non-hydrogen) atoms. The third-order valence-electron chi connectivity index (χ3n) is 16.2. The third-order valence-corrected chi connectivity index (χ3v) is 16.2. The van der Waals surface area contributed by atoms with Crippen molar-refractivity contribution in [2.45, 2.75) is 148 Å². The number of hydrogen-bond donors (Lipinski definition) is 1. The van der Waals surface area contributed by atoms with Crippen LogP contribution in [0.15, 0.2) is 24.3 Å². The Labute approximate surface area is 286 Å². The Morgan fingerprint density at radius 2 is 1.75 bits per heavy atom. The summed E-state index contributed by atoms with van der Waals surface area (Å²) in [4.78, 5) is 14.9. The van der Waals surface area contributed by atoms with E-state index in [4.69, 9.17) is 14.2 Å². The van der Waals surface area contributed by atoms with Crippen molar-refractivity contribution in [3.05, 3.63) is 52.2 Å². The predicted molar refractivity (Wildman–Crippen MR) is 188 cm³/mol. The molecule has 1 aromatic heterocycles. The van der Waals surface area contributed by atoms with Gasteiger partial charge in [-0.25, -0.2) is 0 Å². The van der Waals surface area contributed by atoms with Crippen molar-refractivity contribution in [3.63, 3.8) is 0 Å². The Morgan fingerprint density at radius 3 is 2.42 bits per heavy atom. The first-order valence-corrected chi connectivity index (χ1v) is 18.5. The number of aliphatic hydroxyl groups excluding tert-OH is 1. The summed E-state index contributed by atoms with van der Waals surface area (Å²) < 4.78 is 22.2. The summed E-state index contributed by atoms with van der Waals surface area (Å²) in [6.07, 6.45) is 7.67. The molecule has 0 amide bonds. The van der Waals surface area contributed by atoms with Crippen LogP contribution in [0.3, 0.4) is 0 Å². The highest BCUT2D eigenvalue weighted by Crippen LogP contribution is 2.79. The summed E-state index contributed by atoms with van der Waals surface area (Å²) in [5, 5.41) is 13.4. The van der Waals surface area contributed by atoms with Gasteiger partial charge in [0.1, 0.15) is 6.04 Å². The van der Waals surface area contributed by atoms with E-state index in [-0.39, 0.29) is 39.5 Å². The fourth-order valence-corrected chi connectivity index (χ4v) is 14.1. The summed E-state index contributed by atoms with van der Waals surface area (Å²) in [5.74, 6) is -0.256. The van der Waals surface area contributed by atoms with Gasteiger partial charge in [0.25, 0.3) is 0 Å². The summed E-state index contributed by atoms with van der Waals surface area (Å²) in [5.41, 5.74) is 6.81. The maximum atomic E-state index is 14.9. The molecule has 0 radical (unpaired) electrons. The predicted octanol–water partition coefficient (Wildman–Crippen LogP) is 8.78. The van der Waals surface area contributed by atoms with E-state index in [1.54, 1.807) is 0 Å². The average Bonchev–Trinajstić information content (AvgIpc) is 3.71. The summed E-state index contributed by atoms with van der Waals surface area (Å²) in [6, 6.07) is 1.89. The highest BCUT2D eigenvalue weighted by molar-refractivity contribution is 6.18. The first kappa shape index (κ1) is 31.7. The standard InChI is InChI=1S/C42H55NO5/c1-21(2)31-34(45)29-28-24(27-20-36(4,5)48-37(6,7)30(27)33(28)44)18-25-26-17-23-13-14-38(8)39(9,41(23,11)35(26)43(31)32(25)29)15-16-42(46-12)40(38,10)19-22(3)47-42/h18,20,22-23,30-31,33,44H,1,13-17,19H2,2-12H3/t22?,23?,30?,31-,33?,38+,39-,40-,41+,42?/m0/s1. The zero-order valence-electron chi connectivity index (χ0n) is 31.0. The average molecular weight is 654 g/mol. The van der Waals surface area contributed by atoms with E-state index < -0.39 is 29.1 Å². The number of allylic oxidation sites excluding steroid dienone is 1. The number of nitrogens with zero attached hydrogens (tertiary/aromatic N) is 1. The number of aromatic nitrogens is 1. The second-order valence-electron chi connectivity index (χ2n) is 19.0. The van der Waals surface area contributed by atoms with Crippen LogP contribution in [0.25, 0.3) is 16.5 Å². The van der Waals surface area contributed by atoms with Gasteiger partial charge in [-0.15, -0.1) is 0 Å². The highest BCUT2D eigenvalue weighted by atomic mass is 16.7. The summed E-state index contributed by atoms with van der Waals surface area (Å²) >= 11 is 0. The molecule has 6 nitrogen and oxygen atoms in total. The van der Waals surface area contributed by atoms with E-state index in [1.807, 2.05) is 14.0 Å². The number of ether oxygens (including phenoxy) is 3. The normalized spacial score (nSPS) is 45.7. The molecule has 1 aromatic carbocycles. The minimum absolute atomic E-state index is 0.0535. The van der Waals surface area contributed by atoms with Crippen LogP contribution in [0.2, 0.25) is 0 Å². The molecule has 2 saturated carbocycles. The fourth-order valence-electron chi connectivity index (χ4n) is 14.1. The Morgan fingerprint density at radius 1 is 1.04 bits per heavy atom. The van der Waals surface area contributed by atoms with Crippen molar-refractivity contribution < 1.29 is 24.1 Å². The monoisotopic (exact) mass is 653 g/mol. The maximum absolute atomic E-state index is 14.9. The summed E-state index contributed by atoms with van der Waals surface area (Å²) in [7, 11) is 1.85. The van der Waals surface area contributed by atoms with E-state index in [0.29, 0.717) is 5.92 Å². The van der Waals surface area contributed by atoms with Crippen molar-refractivity contribution >= 4 is 22.3 Å². The van der Waals surface area contributed by atoms with E-state index in [9.17, 15) is 9.90 Å². The van der Waals surface area contributed by atoms with E-state index in [1.165, 1.54) is 16.6 Å². The molecule has 9 rings (SSSR count). The molecule has 0 bridgehead atoms. The van der Waals surface area contributed by atoms with Crippen molar-refractivity contribution in [2.24, 2.45) is 28.1 Å². The molecule has 0 spiro atoms. The van der Waals surface area contributed by atoms with Crippen LogP contribution >= 0.6 is 0 Å². The molecule has 7 aliphatic rings. The van der Waals surface area contributed by atoms with Gasteiger partial charge in [0.2, 0.25) is 0 Å². The van der Waals surface area contributed by atoms with Crippen molar-refractivity contribution in [2.75, 3.05) is 7.11 Å². The molecule has 258 valence electrons. The minimum Gasteiger partial charge on any atom is -0.388 e. The van der Waals surface area contributed by atoms with Gasteiger partial charge in [0.15, 0.2) is 11.6 Å². The van der Waals surface area contributed by atoms with Gasteiger partial charge < -0.3 is 23.9 Å². The van der Waals surface area contributed by atoms with Gasteiger partial charge in [0.05, 0.1) is 34.5 Å². The van der Waals surface area contributed by atoms with Crippen molar-refractivity contribution in [1.82, 2.24) is 4.57 Å². The van der Waals surface area contributed by atoms with Gasteiger partial charge in [0, 0.05) is 46.9 Å². The number of hydrogen-bond acceptors (Lipinski definition) is 5. The van der Waals surface area contributed by atoms with Crippen LogP contribution in [-0.4, -0.2) is 45.7 Å². The van der Waals surface area contributed by atoms with Gasteiger partial charge in [-0.2, -0.15) is 0 Å². The number of methoxy groups -OCH3 is 1. The molecule has 10 atom stereocenters. The maximum Gasteiger partial charge on any atom is 0.192 e. The number of aliphatic hydroxyl groups is 1. The van der Waals surface area contributed by atoms with Crippen molar-refractivity contribution in [1.29, 1.82) is 0 Å². The second-order valence-corrected chi connectivity index (χ2v) is 19.0. The van der Waals surface area contributed by atoms with Gasteiger partial charge >= 0.3 is 0 Å². The number of ketones is 1.